The van der Waals surface area contributed by atoms with E-state index in [1.54, 1.807) is 17.3 Å². The van der Waals surface area contributed by atoms with Crippen LogP contribution in [-0.4, -0.2) is 55.5 Å². The summed E-state index contributed by atoms with van der Waals surface area (Å²) in [6, 6.07) is 8.80. The van der Waals surface area contributed by atoms with Crippen LogP contribution >= 0.6 is 0 Å². The lowest BCUT2D eigenvalue weighted by atomic mass is 10.3. The summed E-state index contributed by atoms with van der Waals surface area (Å²) in [6.07, 6.45) is 0. The van der Waals surface area contributed by atoms with Crippen LogP contribution in [0, 0.1) is 28.4 Å². The van der Waals surface area contributed by atoms with Gasteiger partial charge in [0.2, 0.25) is 5.95 Å². The number of anilines is 1. The molecule has 0 spiro atoms. The Bertz CT molecular complexity index is 1140. The molecular weight excluding hydrogens is 410 g/mol. The van der Waals surface area contributed by atoms with Gasteiger partial charge in [0, 0.05) is 50.9 Å². The average Bonchev–Trinajstić information content (AvgIpc) is 2.73. The zero-order valence-corrected chi connectivity index (χ0v) is 17.2. The van der Waals surface area contributed by atoms with Crippen LogP contribution in [0.4, 0.5) is 11.6 Å². The summed E-state index contributed by atoms with van der Waals surface area (Å²) < 4.78 is 19.2. The molecule has 2 aromatic rings. The van der Waals surface area contributed by atoms with Crippen LogP contribution < -0.4 is 4.90 Å². The Morgan fingerprint density at radius 2 is 1.87 bits per heavy atom. The number of nitrogens with zero attached hydrogens (tertiary/aromatic N) is 7. The minimum absolute atomic E-state index is 0.141. The Labute approximate surface area is 173 Å². The van der Waals surface area contributed by atoms with Gasteiger partial charge >= 0.3 is 0 Å². The molecule has 0 saturated carbocycles. The SMILES string of the molecule is CC(=O)N=S(=O)(c1ccc([N+](=O)[O-])cc1)N1CCN(c2nc(C)cc(C#N)n2)CC1. The molecular formula is C18H19N7O4S. The smallest absolute Gasteiger partial charge is 0.269 e. The van der Waals surface area contributed by atoms with Crippen molar-refractivity contribution in [3.05, 3.63) is 51.8 Å². The van der Waals surface area contributed by atoms with E-state index in [0.717, 1.165) is 0 Å². The molecule has 1 saturated heterocycles. The van der Waals surface area contributed by atoms with Crippen molar-refractivity contribution in [3.8, 4) is 6.07 Å². The Balaban J connectivity index is 1.87. The summed E-state index contributed by atoms with van der Waals surface area (Å²) in [7, 11) is -3.27. The van der Waals surface area contributed by atoms with E-state index < -0.39 is 20.7 Å². The average molecular weight is 429 g/mol. The molecule has 30 heavy (non-hydrogen) atoms. The third-order valence-corrected chi connectivity index (χ3v) is 6.89. The van der Waals surface area contributed by atoms with E-state index in [2.05, 4.69) is 14.3 Å². The van der Waals surface area contributed by atoms with Gasteiger partial charge in [0.25, 0.3) is 11.6 Å². The molecule has 12 heteroatoms. The molecule has 0 bridgehead atoms. The standard InChI is InChI=1S/C18H19N7O4S/c1-13-11-15(12-19)21-18(20-13)23-7-9-24(10-8-23)30(29,22-14(2)26)17-5-3-16(4-6-17)25(27)28/h3-6,11H,7-10H2,1-2H3. The highest BCUT2D eigenvalue weighted by atomic mass is 32.2. The molecule has 1 unspecified atom stereocenters. The van der Waals surface area contributed by atoms with E-state index in [9.17, 15) is 19.1 Å². The van der Waals surface area contributed by atoms with Gasteiger partial charge in [-0.3, -0.25) is 14.9 Å². The number of hydrogen-bond acceptors (Lipinski definition) is 8. The second kappa shape index (κ2) is 8.52. The van der Waals surface area contributed by atoms with Crippen LogP contribution in [0.15, 0.2) is 39.6 Å². The Morgan fingerprint density at radius 3 is 2.40 bits per heavy atom. The Morgan fingerprint density at radius 1 is 1.23 bits per heavy atom. The molecule has 0 aliphatic carbocycles. The van der Waals surface area contributed by atoms with Crippen molar-refractivity contribution in [3.63, 3.8) is 0 Å². The number of piperazine rings is 1. The summed E-state index contributed by atoms with van der Waals surface area (Å²) in [6.45, 7) is 4.40. The lowest BCUT2D eigenvalue weighted by Gasteiger charge is -2.35. The van der Waals surface area contributed by atoms with Crippen LogP contribution in [0.1, 0.15) is 18.3 Å². The summed E-state index contributed by atoms with van der Waals surface area (Å²) in [5.41, 5.74) is 0.791. The highest BCUT2D eigenvalue weighted by Crippen LogP contribution is 2.24. The van der Waals surface area contributed by atoms with Crippen molar-refractivity contribution in [1.82, 2.24) is 14.3 Å². The predicted octanol–water partition coefficient (Wildman–Crippen LogP) is 1.68. The van der Waals surface area contributed by atoms with E-state index in [0.29, 0.717) is 37.8 Å². The highest BCUT2D eigenvalue weighted by molar-refractivity contribution is 7.91. The van der Waals surface area contributed by atoms with Gasteiger partial charge in [-0.1, -0.05) is 0 Å². The molecule has 1 aliphatic rings. The molecule has 1 amide bonds. The fourth-order valence-electron chi connectivity index (χ4n) is 3.07. The largest absolute Gasteiger partial charge is 0.338 e. The van der Waals surface area contributed by atoms with Crippen LogP contribution in [-0.2, 0) is 14.7 Å². The Hall–Kier alpha value is -3.43. The lowest BCUT2D eigenvalue weighted by Crippen LogP contribution is -2.49. The van der Waals surface area contributed by atoms with Crippen molar-refractivity contribution in [2.75, 3.05) is 31.1 Å². The highest BCUT2D eigenvalue weighted by Gasteiger charge is 2.29. The first-order chi connectivity index (χ1) is 14.2. The fourth-order valence-corrected chi connectivity index (χ4v) is 5.08. The maximum Gasteiger partial charge on any atom is 0.269 e. The summed E-state index contributed by atoms with van der Waals surface area (Å²) >= 11 is 0. The van der Waals surface area contributed by atoms with Gasteiger partial charge in [-0.2, -0.15) is 5.26 Å². The van der Waals surface area contributed by atoms with Crippen molar-refractivity contribution in [2.45, 2.75) is 18.7 Å². The molecule has 1 aromatic heterocycles. The van der Waals surface area contributed by atoms with Crippen molar-refractivity contribution >= 4 is 27.5 Å². The van der Waals surface area contributed by atoms with E-state index in [1.807, 2.05) is 11.0 Å². The number of hydrogen-bond donors (Lipinski definition) is 0. The number of carbonyl (C=O) groups excluding carboxylic acids is 1. The number of aryl methyl sites for hydroxylation is 1. The first kappa shape index (κ1) is 21.3. The maximum atomic E-state index is 13.7. The van der Waals surface area contributed by atoms with Crippen LogP contribution in [0.2, 0.25) is 0 Å². The van der Waals surface area contributed by atoms with Gasteiger partial charge in [-0.05, 0) is 25.1 Å². The second-order valence-corrected chi connectivity index (χ2v) is 8.74. The molecule has 1 aromatic carbocycles. The zero-order chi connectivity index (χ0) is 21.9. The number of nitro groups is 1. The van der Waals surface area contributed by atoms with E-state index >= 15 is 0 Å². The van der Waals surface area contributed by atoms with E-state index in [-0.39, 0.29) is 16.3 Å². The van der Waals surface area contributed by atoms with Gasteiger partial charge < -0.3 is 4.90 Å². The molecule has 11 nitrogen and oxygen atoms in total. The predicted molar refractivity (Wildman–Crippen MR) is 108 cm³/mol. The summed E-state index contributed by atoms with van der Waals surface area (Å²) in [5, 5.41) is 20.0. The molecule has 1 atom stereocenters. The second-order valence-electron chi connectivity index (χ2n) is 6.58. The number of carbonyl (C=O) groups is 1. The number of benzene rings is 1. The molecule has 0 radical (unpaired) electrons. The van der Waals surface area contributed by atoms with Crippen molar-refractivity contribution in [2.24, 2.45) is 4.36 Å². The number of rotatable bonds is 4. The molecule has 3 rings (SSSR count). The third kappa shape index (κ3) is 4.42. The van der Waals surface area contributed by atoms with E-state index in [4.69, 9.17) is 5.26 Å². The van der Waals surface area contributed by atoms with Crippen molar-refractivity contribution in [1.29, 1.82) is 5.26 Å². The summed E-state index contributed by atoms with van der Waals surface area (Å²) in [4.78, 5) is 32.7. The number of aromatic nitrogens is 2. The van der Waals surface area contributed by atoms with Crippen LogP contribution in [0.5, 0.6) is 0 Å². The fraction of sp³-hybridized carbons (Fsp3) is 0.333. The lowest BCUT2D eigenvalue weighted by molar-refractivity contribution is -0.384. The third-order valence-electron chi connectivity index (χ3n) is 4.44. The topological polar surface area (TPSA) is 146 Å². The zero-order valence-electron chi connectivity index (χ0n) is 16.4. The number of nitro benzene ring substituents is 1. The molecule has 1 fully saturated rings. The van der Waals surface area contributed by atoms with Gasteiger partial charge in [0.05, 0.1) is 9.82 Å². The Kier molecular flexibility index (Phi) is 6.04. The minimum atomic E-state index is -3.27. The quantitative estimate of drug-likeness (QED) is 0.527. The van der Waals surface area contributed by atoms with Crippen molar-refractivity contribution < 1.29 is 13.9 Å². The minimum Gasteiger partial charge on any atom is -0.338 e. The van der Waals surface area contributed by atoms with Gasteiger partial charge in [-0.15, -0.1) is 4.36 Å². The molecule has 2 heterocycles. The van der Waals surface area contributed by atoms with E-state index in [1.165, 1.54) is 31.2 Å². The van der Waals surface area contributed by atoms with Crippen LogP contribution in [0.25, 0.3) is 0 Å². The molecule has 156 valence electrons. The first-order valence-corrected chi connectivity index (χ1v) is 10.5. The monoisotopic (exact) mass is 429 g/mol. The first-order valence-electron chi connectivity index (χ1n) is 9.01. The number of amides is 1. The summed E-state index contributed by atoms with van der Waals surface area (Å²) in [5.74, 6) is -0.182. The normalized spacial score (nSPS) is 16.4. The van der Waals surface area contributed by atoms with Gasteiger partial charge in [-0.25, -0.2) is 18.5 Å². The van der Waals surface area contributed by atoms with Gasteiger partial charge in [0.1, 0.15) is 21.7 Å². The maximum absolute atomic E-state index is 13.7. The van der Waals surface area contributed by atoms with Crippen LogP contribution in [0.3, 0.4) is 0 Å². The number of nitriles is 1. The molecule has 1 aliphatic heterocycles. The van der Waals surface area contributed by atoms with Gasteiger partial charge in [0.15, 0.2) is 0 Å². The number of non-ortho nitro benzene ring substituents is 1. The molecule has 0 N–H and O–H groups in total.